The van der Waals surface area contributed by atoms with E-state index < -0.39 is 10.9 Å². The Bertz CT molecular complexity index is 485. The molecule has 0 aliphatic rings. The predicted octanol–water partition coefficient (Wildman–Crippen LogP) is 2.45. The molecule has 0 atom stereocenters. The molecule has 0 heterocycles. The molecule has 0 aliphatic heterocycles. The van der Waals surface area contributed by atoms with Gasteiger partial charge in [-0.25, -0.2) is 4.79 Å². The van der Waals surface area contributed by atoms with E-state index in [1.165, 1.54) is 6.07 Å². The minimum atomic E-state index is -1.16. The fourth-order valence-corrected chi connectivity index (χ4v) is 1.85. The smallest absolute Gasteiger partial charge is 0.336 e. The molecule has 0 radical (unpaired) electrons. The molecule has 1 rings (SSSR count). The fraction of sp³-hybridized carbons (Fsp3) is 0.417. The lowest BCUT2D eigenvalue weighted by atomic mass is 10.1. The molecule has 0 fully saturated rings. The van der Waals surface area contributed by atoms with Crippen molar-refractivity contribution in [3.05, 3.63) is 33.4 Å². The van der Waals surface area contributed by atoms with Gasteiger partial charge in [0.15, 0.2) is 0 Å². The van der Waals surface area contributed by atoms with Crippen LogP contribution in [0.25, 0.3) is 0 Å². The van der Waals surface area contributed by atoms with Crippen LogP contribution in [0.1, 0.15) is 29.3 Å². The van der Waals surface area contributed by atoms with Gasteiger partial charge in [0.2, 0.25) is 0 Å². The van der Waals surface area contributed by atoms with E-state index in [0.717, 1.165) is 12.5 Å². The highest BCUT2D eigenvalue weighted by Gasteiger charge is 2.20. The normalized spacial score (nSPS) is 10.2. The van der Waals surface area contributed by atoms with Crippen LogP contribution in [0.15, 0.2) is 12.1 Å². The van der Waals surface area contributed by atoms with Gasteiger partial charge < -0.3 is 10.0 Å². The Labute approximate surface area is 105 Å². The maximum absolute atomic E-state index is 11.0. The second kappa shape index (κ2) is 5.48. The highest BCUT2D eigenvalue weighted by molar-refractivity contribution is 5.90. The second-order valence-electron chi connectivity index (χ2n) is 4.12. The van der Waals surface area contributed by atoms with Gasteiger partial charge in [-0.05, 0) is 19.4 Å². The minimum absolute atomic E-state index is 0.0646. The van der Waals surface area contributed by atoms with Crippen molar-refractivity contribution in [2.75, 3.05) is 18.5 Å². The van der Waals surface area contributed by atoms with E-state index >= 15 is 0 Å². The number of carboxylic acid groups (broad SMARTS) is 1. The number of hydrogen-bond donors (Lipinski definition) is 1. The number of nitro benzene ring substituents is 1. The molecule has 0 aromatic heterocycles. The lowest BCUT2D eigenvalue weighted by Gasteiger charge is -2.21. The van der Waals surface area contributed by atoms with E-state index in [-0.39, 0.29) is 11.3 Å². The van der Waals surface area contributed by atoms with Crippen LogP contribution < -0.4 is 4.90 Å². The Balaban J connectivity index is 3.40. The fourth-order valence-electron chi connectivity index (χ4n) is 1.85. The molecule has 6 nitrogen and oxygen atoms in total. The van der Waals surface area contributed by atoms with Gasteiger partial charge in [-0.3, -0.25) is 10.1 Å². The van der Waals surface area contributed by atoms with Crippen molar-refractivity contribution in [1.29, 1.82) is 0 Å². The van der Waals surface area contributed by atoms with Crippen molar-refractivity contribution in [3.8, 4) is 0 Å². The van der Waals surface area contributed by atoms with E-state index in [0.29, 0.717) is 17.8 Å². The highest BCUT2D eigenvalue weighted by atomic mass is 16.6. The van der Waals surface area contributed by atoms with Gasteiger partial charge in [0.05, 0.1) is 16.1 Å². The second-order valence-corrected chi connectivity index (χ2v) is 4.12. The summed E-state index contributed by atoms with van der Waals surface area (Å²) in [5.74, 6) is -1.16. The van der Waals surface area contributed by atoms with Crippen LogP contribution in [0.4, 0.5) is 11.4 Å². The summed E-state index contributed by atoms with van der Waals surface area (Å²) in [6, 6.07) is 2.57. The Morgan fingerprint density at radius 1 is 1.50 bits per heavy atom. The molecule has 1 N–H and O–H groups in total. The van der Waals surface area contributed by atoms with Crippen LogP contribution in [0.5, 0.6) is 0 Å². The number of rotatable bonds is 5. The van der Waals surface area contributed by atoms with Crippen LogP contribution in [0.2, 0.25) is 0 Å². The molecule has 0 saturated carbocycles. The van der Waals surface area contributed by atoms with Crippen molar-refractivity contribution in [2.24, 2.45) is 0 Å². The maximum Gasteiger partial charge on any atom is 0.336 e. The third-order valence-corrected chi connectivity index (χ3v) is 2.77. The van der Waals surface area contributed by atoms with Crippen molar-refractivity contribution in [2.45, 2.75) is 20.3 Å². The van der Waals surface area contributed by atoms with Crippen molar-refractivity contribution < 1.29 is 14.8 Å². The quantitative estimate of drug-likeness (QED) is 0.642. The van der Waals surface area contributed by atoms with Crippen molar-refractivity contribution in [3.63, 3.8) is 0 Å². The molecule has 1 aromatic carbocycles. The molecular formula is C12H16N2O4. The first kappa shape index (κ1) is 14.0. The van der Waals surface area contributed by atoms with Crippen molar-refractivity contribution in [1.82, 2.24) is 0 Å². The van der Waals surface area contributed by atoms with Crippen LogP contribution in [0, 0.1) is 17.0 Å². The first-order chi connectivity index (χ1) is 8.38. The first-order valence-electron chi connectivity index (χ1n) is 5.62. The van der Waals surface area contributed by atoms with Gasteiger partial charge in [0.25, 0.3) is 5.69 Å². The number of hydrogen-bond acceptors (Lipinski definition) is 4. The van der Waals surface area contributed by atoms with Gasteiger partial charge >= 0.3 is 5.97 Å². The molecule has 98 valence electrons. The lowest BCUT2D eigenvalue weighted by Crippen LogP contribution is -2.20. The zero-order chi connectivity index (χ0) is 13.9. The number of carbonyl (C=O) groups is 1. The minimum Gasteiger partial charge on any atom is -0.478 e. The number of anilines is 1. The van der Waals surface area contributed by atoms with Crippen LogP contribution in [-0.4, -0.2) is 29.6 Å². The summed E-state index contributed by atoms with van der Waals surface area (Å²) in [5.41, 5.74) is 0.850. The zero-order valence-corrected chi connectivity index (χ0v) is 10.6. The number of nitrogens with zero attached hydrogens (tertiary/aromatic N) is 2. The van der Waals surface area contributed by atoms with Gasteiger partial charge in [-0.2, -0.15) is 0 Å². The van der Waals surface area contributed by atoms with E-state index in [4.69, 9.17) is 5.11 Å². The predicted molar refractivity (Wildman–Crippen MR) is 68.4 cm³/mol. The number of aromatic carboxylic acids is 1. The molecule has 1 aromatic rings. The molecule has 6 heteroatoms. The van der Waals surface area contributed by atoms with Gasteiger partial charge in [0, 0.05) is 25.3 Å². The van der Waals surface area contributed by atoms with E-state index in [9.17, 15) is 14.9 Å². The third-order valence-electron chi connectivity index (χ3n) is 2.77. The first-order valence-corrected chi connectivity index (χ1v) is 5.62. The number of carboxylic acids is 1. The van der Waals surface area contributed by atoms with E-state index in [2.05, 4.69) is 0 Å². The molecule has 0 saturated heterocycles. The molecule has 0 unspecified atom stereocenters. The topological polar surface area (TPSA) is 83.7 Å². The van der Waals surface area contributed by atoms with Crippen LogP contribution in [0.3, 0.4) is 0 Å². The van der Waals surface area contributed by atoms with Crippen LogP contribution >= 0.6 is 0 Å². The van der Waals surface area contributed by atoms with Crippen LogP contribution in [-0.2, 0) is 0 Å². The summed E-state index contributed by atoms with van der Waals surface area (Å²) in [4.78, 5) is 23.2. The Hall–Kier alpha value is -2.11. The van der Waals surface area contributed by atoms with E-state index in [1.807, 2.05) is 11.8 Å². The van der Waals surface area contributed by atoms with Crippen molar-refractivity contribution >= 4 is 17.3 Å². The molecular weight excluding hydrogens is 236 g/mol. The Kier molecular flexibility index (Phi) is 4.25. The largest absolute Gasteiger partial charge is 0.478 e. The molecule has 0 amide bonds. The standard InChI is InChI=1S/C12H16N2O4/c1-4-5-13(3)10-6-9(12(15)16)7-11(8(10)2)14(17)18/h6-7H,4-5H2,1-3H3,(H,15,16). The summed E-state index contributed by atoms with van der Waals surface area (Å²) in [6.07, 6.45) is 0.876. The molecule has 0 aliphatic carbocycles. The molecule has 0 bridgehead atoms. The zero-order valence-electron chi connectivity index (χ0n) is 10.6. The monoisotopic (exact) mass is 252 g/mol. The Morgan fingerprint density at radius 3 is 2.56 bits per heavy atom. The van der Waals surface area contributed by atoms with Gasteiger partial charge in [-0.1, -0.05) is 6.92 Å². The molecule has 18 heavy (non-hydrogen) atoms. The number of benzene rings is 1. The number of nitro groups is 1. The summed E-state index contributed by atoms with van der Waals surface area (Å²) >= 11 is 0. The average Bonchev–Trinajstić information content (AvgIpc) is 2.28. The van der Waals surface area contributed by atoms with Gasteiger partial charge in [-0.15, -0.1) is 0 Å². The summed E-state index contributed by atoms with van der Waals surface area (Å²) in [5, 5.41) is 19.9. The maximum atomic E-state index is 11.0. The average molecular weight is 252 g/mol. The van der Waals surface area contributed by atoms with Gasteiger partial charge in [0.1, 0.15) is 0 Å². The Morgan fingerprint density at radius 2 is 2.11 bits per heavy atom. The lowest BCUT2D eigenvalue weighted by molar-refractivity contribution is -0.385. The third kappa shape index (κ3) is 2.77. The van der Waals surface area contributed by atoms with E-state index in [1.54, 1.807) is 14.0 Å². The summed E-state index contributed by atoms with van der Waals surface area (Å²) in [6.45, 7) is 4.33. The molecule has 0 spiro atoms. The summed E-state index contributed by atoms with van der Waals surface area (Å²) < 4.78 is 0. The SMILES string of the molecule is CCCN(C)c1cc(C(=O)O)cc([N+](=O)[O-])c1C. The highest BCUT2D eigenvalue weighted by Crippen LogP contribution is 2.30. The summed E-state index contributed by atoms with van der Waals surface area (Å²) in [7, 11) is 1.79.